The third kappa shape index (κ3) is 4.49. The second-order valence-electron chi connectivity index (χ2n) is 8.53. The fraction of sp³-hybridized carbons (Fsp3) is 0.385. The zero-order valence-corrected chi connectivity index (χ0v) is 18.7. The molecule has 2 aliphatic rings. The molecule has 4 rings (SSSR count). The normalized spacial score (nSPS) is 16.8. The van der Waals surface area contributed by atoms with E-state index in [0.29, 0.717) is 61.8 Å². The van der Waals surface area contributed by atoms with E-state index < -0.39 is 5.60 Å². The number of likely N-dealkylation sites (tertiary alicyclic amines) is 1. The van der Waals surface area contributed by atoms with Gasteiger partial charge in [0.25, 0.3) is 5.91 Å². The molecule has 0 unspecified atom stereocenters. The average molecular weight is 436 g/mol. The van der Waals surface area contributed by atoms with Crippen LogP contribution in [-0.4, -0.2) is 48.5 Å². The van der Waals surface area contributed by atoms with Crippen LogP contribution in [0.2, 0.25) is 0 Å². The molecule has 2 heterocycles. The molecule has 0 N–H and O–H groups in total. The lowest BCUT2D eigenvalue weighted by atomic mass is 9.82. The van der Waals surface area contributed by atoms with Crippen molar-refractivity contribution in [1.29, 1.82) is 0 Å². The minimum absolute atomic E-state index is 0.0669. The molecule has 0 atom stereocenters. The largest absolute Gasteiger partial charge is 0.486 e. The van der Waals surface area contributed by atoms with Crippen LogP contribution in [0.15, 0.2) is 49.1 Å². The second-order valence-corrected chi connectivity index (χ2v) is 8.53. The average Bonchev–Trinajstić information content (AvgIpc) is 2.78. The topological polar surface area (TPSA) is 65.1 Å². The Hall–Kier alpha value is -3.28. The quantitative estimate of drug-likeness (QED) is 0.634. The summed E-state index contributed by atoms with van der Waals surface area (Å²) in [6.07, 6.45) is 3.26. The van der Waals surface area contributed by atoms with Crippen LogP contribution < -0.4 is 14.2 Å². The van der Waals surface area contributed by atoms with Crippen molar-refractivity contribution in [2.45, 2.75) is 38.7 Å². The third-order valence-corrected chi connectivity index (χ3v) is 6.29. The summed E-state index contributed by atoms with van der Waals surface area (Å²) in [5, 5.41) is 0. The summed E-state index contributed by atoms with van der Waals surface area (Å²) in [7, 11) is 0. The van der Waals surface area contributed by atoms with Gasteiger partial charge in [-0.05, 0) is 49.2 Å². The fourth-order valence-corrected chi connectivity index (χ4v) is 4.26. The van der Waals surface area contributed by atoms with E-state index in [1.165, 1.54) is 0 Å². The summed E-state index contributed by atoms with van der Waals surface area (Å²) >= 11 is 0. The fourth-order valence-electron chi connectivity index (χ4n) is 4.26. The molecule has 0 bridgehead atoms. The molecule has 32 heavy (non-hydrogen) atoms. The predicted octanol–water partition coefficient (Wildman–Crippen LogP) is 4.27. The van der Waals surface area contributed by atoms with Crippen molar-refractivity contribution < 1.29 is 23.8 Å². The zero-order chi connectivity index (χ0) is 22.7. The molecule has 2 aromatic rings. The number of amides is 1. The number of benzene rings is 2. The molecule has 1 spiro atoms. The van der Waals surface area contributed by atoms with Gasteiger partial charge in [-0.25, -0.2) is 0 Å². The van der Waals surface area contributed by atoms with Crippen LogP contribution in [-0.2, 0) is 4.79 Å². The number of carbonyl (C=O) groups is 2. The highest BCUT2D eigenvalue weighted by Crippen LogP contribution is 2.40. The Morgan fingerprint density at radius 2 is 1.78 bits per heavy atom. The molecule has 1 saturated heterocycles. The maximum atomic E-state index is 12.8. The van der Waals surface area contributed by atoms with E-state index in [0.717, 1.165) is 11.1 Å². The Kier molecular flexibility index (Phi) is 6.21. The second kappa shape index (κ2) is 9.07. The summed E-state index contributed by atoms with van der Waals surface area (Å²) in [5.74, 6) is 1.81. The van der Waals surface area contributed by atoms with E-state index in [-0.39, 0.29) is 18.3 Å². The Labute approximate surface area is 188 Å². The molecule has 0 aromatic heterocycles. The van der Waals surface area contributed by atoms with Gasteiger partial charge in [0.1, 0.15) is 18.0 Å². The number of Topliss-reactive ketones (excluding diaryl/α,β-unsaturated/α-hetero) is 1. The number of para-hydroxylation sites is 2. The summed E-state index contributed by atoms with van der Waals surface area (Å²) < 4.78 is 17.7. The molecule has 6 nitrogen and oxygen atoms in total. The van der Waals surface area contributed by atoms with Gasteiger partial charge in [0.2, 0.25) is 0 Å². The Bertz CT molecular complexity index is 1040. The highest BCUT2D eigenvalue weighted by Gasteiger charge is 2.43. The zero-order valence-electron chi connectivity index (χ0n) is 18.7. The lowest BCUT2D eigenvalue weighted by Gasteiger charge is -2.44. The van der Waals surface area contributed by atoms with Crippen molar-refractivity contribution in [2.24, 2.45) is 0 Å². The number of aryl methyl sites for hydroxylation is 2. The van der Waals surface area contributed by atoms with Crippen LogP contribution >= 0.6 is 0 Å². The number of nitrogens with zero attached hydrogens (tertiary/aromatic N) is 1. The van der Waals surface area contributed by atoms with E-state index in [2.05, 4.69) is 6.58 Å². The number of rotatable bonds is 6. The van der Waals surface area contributed by atoms with Gasteiger partial charge in [0.05, 0.1) is 12.0 Å². The number of ether oxygens (including phenoxy) is 3. The molecule has 168 valence electrons. The smallest absolute Gasteiger partial charge is 0.260 e. The van der Waals surface area contributed by atoms with Crippen molar-refractivity contribution in [3.05, 3.63) is 65.7 Å². The summed E-state index contributed by atoms with van der Waals surface area (Å²) in [6, 6.07) is 11.1. The summed E-state index contributed by atoms with van der Waals surface area (Å²) in [4.78, 5) is 27.3. The lowest BCUT2D eigenvalue weighted by Crippen LogP contribution is -2.53. The first-order valence-corrected chi connectivity index (χ1v) is 11.0. The summed E-state index contributed by atoms with van der Waals surface area (Å²) in [5.41, 5.74) is 2.33. The first-order chi connectivity index (χ1) is 15.4. The Morgan fingerprint density at radius 3 is 2.47 bits per heavy atom. The Balaban J connectivity index is 1.36. The minimum Gasteiger partial charge on any atom is -0.486 e. The van der Waals surface area contributed by atoms with Gasteiger partial charge in [-0.1, -0.05) is 24.8 Å². The van der Waals surface area contributed by atoms with Crippen molar-refractivity contribution >= 4 is 11.7 Å². The molecule has 0 radical (unpaired) electrons. The number of ketones is 1. The molecule has 2 aliphatic heterocycles. The Morgan fingerprint density at radius 1 is 1.12 bits per heavy atom. The monoisotopic (exact) mass is 435 g/mol. The number of hydrogen-bond donors (Lipinski definition) is 0. The molecule has 2 aromatic carbocycles. The van der Waals surface area contributed by atoms with Crippen LogP contribution in [0.5, 0.6) is 17.2 Å². The minimum atomic E-state index is -0.533. The van der Waals surface area contributed by atoms with E-state index in [9.17, 15) is 9.59 Å². The van der Waals surface area contributed by atoms with Crippen LogP contribution in [0.3, 0.4) is 0 Å². The number of hydrogen-bond acceptors (Lipinski definition) is 5. The highest BCUT2D eigenvalue weighted by atomic mass is 16.5. The van der Waals surface area contributed by atoms with Crippen molar-refractivity contribution in [3.8, 4) is 17.2 Å². The van der Waals surface area contributed by atoms with Crippen molar-refractivity contribution in [2.75, 3.05) is 26.3 Å². The van der Waals surface area contributed by atoms with Gasteiger partial charge in [-0.3, -0.25) is 9.59 Å². The maximum absolute atomic E-state index is 12.8. The number of piperidine rings is 1. The van der Waals surface area contributed by atoms with Gasteiger partial charge in [0.15, 0.2) is 23.9 Å². The van der Waals surface area contributed by atoms with Gasteiger partial charge in [0, 0.05) is 25.9 Å². The molecule has 0 aliphatic carbocycles. The van der Waals surface area contributed by atoms with Crippen molar-refractivity contribution in [3.63, 3.8) is 0 Å². The highest BCUT2D eigenvalue weighted by molar-refractivity contribution is 6.00. The van der Waals surface area contributed by atoms with Crippen LogP contribution in [0, 0.1) is 13.8 Å². The van der Waals surface area contributed by atoms with Gasteiger partial charge >= 0.3 is 0 Å². The summed E-state index contributed by atoms with van der Waals surface area (Å²) in [6.45, 7) is 9.03. The molecular weight excluding hydrogens is 406 g/mol. The van der Waals surface area contributed by atoms with Crippen molar-refractivity contribution in [1.82, 2.24) is 4.90 Å². The van der Waals surface area contributed by atoms with Gasteiger partial charge in [-0.2, -0.15) is 0 Å². The van der Waals surface area contributed by atoms with E-state index in [1.807, 2.05) is 38.1 Å². The van der Waals surface area contributed by atoms with E-state index >= 15 is 0 Å². The van der Waals surface area contributed by atoms with E-state index in [4.69, 9.17) is 14.2 Å². The molecule has 1 amide bonds. The third-order valence-electron chi connectivity index (χ3n) is 6.29. The van der Waals surface area contributed by atoms with Crippen LogP contribution in [0.25, 0.3) is 0 Å². The first-order valence-electron chi connectivity index (χ1n) is 11.0. The number of carbonyl (C=O) groups excluding carboxylic acids is 2. The SMILES string of the molecule is C=CCOc1ccccc1OCC(=O)N1CCC2(CC1)CC(=O)c1cc(C)c(C)cc1O2. The van der Waals surface area contributed by atoms with E-state index in [1.54, 1.807) is 23.1 Å². The number of fused-ring (bicyclic) bond motifs is 1. The molecule has 0 saturated carbocycles. The van der Waals surface area contributed by atoms with Gasteiger partial charge in [-0.15, -0.1) is 0 Å². The van der Waals surface area contributed by atoms with Gasteiger partial charge < -0.3 is 19.1 Å². The van der Waals surface area contributed by atoms with Crippen LogP contribution in [0.1, 0.15) is 40.7 Å². The molecule has 6 heteroatoms. The molecule has 1 fully saturated rings. The maximum Gasteiger partial charge on any atom is 0.260 e. The lowest BCUT2D eigenvalue weighted by molar-refractivity contribution is -0.136. The predicted molar refractivity (Wildman–Crippen MR) is 122 cm³/mol. The standard InChI is InChI=1S/C26H29NO5/c1-4-13-30-22-7-5-6-8-23(22)31-17-25(29)27-11-9-26(10-12-27)16-21(28)20-14-18(2)19(3)15-24(20)32-26/h4-8,14-15H,1,9-13,16-17H2,2-3H3. The molecular formula is C26H29NO5. The van der Waals surface area contributed by atoms with Crippen LogP contribution in [0.4, 0.5) is 0 Å². The first kappa shape index (κ1) is 21.9.